The third kappa shape index (κ3) is 4.20. The van der Waals surface area contributed by atoms with Crippen LogP contribution in [0.15, 0.2) is 51.8 Å². The first-order chi connectivity index (χ1) is 11.9. The number of nitrogens with one attached hydrogen (secondary N) is 2. The Hall–Kier alpha value is -1.90. The zero-order chi connectivity index (χ0) is 18.0. The van der Waals surface area contributed by atoms with Crippen molar-refractivity contribution >= 4 is 37.5 Å². The molecular formula is C17H17BrN2O4S. The van der Waals surface area contributed by atoms with Crippen molar-refractivity contribution < 1.29 is 17.9 Å². The molecule has 1 aliphatic rings. The normalized spacial score (nSPS) is 14.2. The predicted octanol–water partition coefficient (Wildman–Crippen LogP) is 3.15. The van der Waals surface area contributed by atoms with E-state index in [4.69, 9.17) is 4.74 Å². The van der Waals surface area contributed by atoms with E-state index in [0.29, 0.717) is 21.5 Å². The second-order valence-corrected chi connectivity index (χ2v) is 8.26. The first-order valence-corrected chi connectivity index (χ1v) is 9.94. The third-order valence-electron chi connectivity index (χ3n) is 3.75. The van der Waals surface area contributed by atoms with Crippen molar-refractivity contribution in [3.8, 4) is 5.75 Å². The number of hydrogen-bond donors (Lipinski definition) is 2. The summed E-state index contributed by atoms with van der Waals surface area (Å²) in [6.07, 6.45) is 1.70. The molecule has 6 nitrogen and oxygen atoms in total. The number of benzene rings is 2. The molecule has 0 heterocycles. The Labute approximate surface area is 154 Å². The summed E-state index contributed by atoms with van der Waals surface area (Å²) >= 11 is 3.33. The van der Waals surface area contributed by atoms with Gasteiger partial charge < -0.3 is 10.1 Å². The summed E-state index contributed by atoms with van der Waals surface area (Å²) in [5, 5.41) is 2.71. The van der Waals surface area contributed by atoms with Crippen LogP contribution in [0.25, 0.3) is 0 Å². The van der Waals surface area contributed by atoms with Gasteiger partial charge in [-0.25, -0.2) is 13.1 Å². The number of amides is 1. The van der Waals surface area contributed by atoms with Crippen LogP contribution in [0, 0.1) is 0 Å². The molecule has 0 radical (unpaired) electrons. The van der Waals surface area contributed by atoms with E-state index in [1.165, 1.54) is 25.3 Å². The molecule has 3 rings (SSSR count). The van der Waals surface area contributed by atoms with Gasteiger partial charge in [-0.05, 0) is 59.1 Å². The largest absolute Gasteiger partial charge is 0.495 e. The summed E-state index contributed by atoms with van der Waals surface area (Å²) < 4.78 is 33.2. The molecule has 0 spiro atoms. The highest BCUT2D eigenvalue weighted by atomic mass is 79.9. The summed E-state index contributed by atoms with van der Waals surface area (Å²) in [4.78, 5) is 12.6. The van der Waals surface area contributed by atoms with E-state index in [9.17, 15) is 13.2 Å². The lowest BCUT2D eigenvalue weighted by atomic mass is 10.2. The van der Waals surface area contributed by atoms with Gasteiger partial charge in [-0.2, -0.15) is 0 Å². The highest BCUT2D eigenvalue weighted by Crippen LogP contribution is 2.30. The van der Waals surface area contributed by atoms with Crippen molar-refractivity contribution in [2.24, 2.45) is 0 Å². The van der Waals surface area contributed by atoms with Gasteiger partial charge in [0.15, 0.2) is 0 Å². The number of rotatable bonds is 6. The van der Waals surface area contributed by atoms with Gasteiger partial charge in [-0.3, -0.25) is 4.79 Å². The molecule has 2 N–H and O–H groups in total. The molecule has 1 saturated carbocycles. The fourth-order valence-corrected chi connectivity index (χ4v) is 4.07. The van der Waals surface area contributed by atoms with Gasteiger partial charge in [-0.15, -0.1) is 0 Å². The number of hydrogen-bond acceptors (Lipinski definition) is 4. The van der Waals surface area contributed by atoms with E-state index in [-0.39, 0.29) is 16.8 Å². The minimum absolute atomic E-state index is 0.00502. The number of carbonyl (C=O) groups excluding carboxylic acids is 1. The zero-order valence-electron chi connectivity index (χ0n) is 13.5. The minimum Gasteiger partial charge on any atom is -0.495 e. The second kappa shape index (κ2) is 7.15. The van der Waals surface area contributed by atoms with Crippen molar-refractivity contribution in [2.75, 3.05) is 12.4 Å². The molecule has 1 aliphatic carbocycles. The van der Waals surface area contributed by atoms with Crippen LogP contribution in [0.4, 0.5) is 5.69 Å². The summed E-state index contributed by atoms with van der Waals surface area (Å²) in [6.45, 7) is 0. The topological polar surface area (TPSA) is 84.5 Å². The molecule has 2 aromatic carbocycles. The Morgan fingerprint density at radius 3 is 2.56 bits per heavy atom. The van der Waals surface area contributed by atoms with Gasteiger partial charge in [0.1, 0.15) is 5.75 Å². The number of ether oxygens (including phenoxy) is 1. The molecule has 0 aliphatic heterocycles. The Balaban J connectivity index is 1.90. The number of sulfonamides is 1. The fraction of sp³-hybridized carbons (Fsp3) is 0.235. The first-order valence-electron chi connectivity index (χ1n) is 7.67. The van der Waals surface area contributed by atoms with Crippen LogP contribution >= 0.6 is 15.9 Å². The van der Waals surface area contributed by atoms with E-state index in [1.807, 2.05) is 0 Å². The molecule has 0 unspecified atom stereocenters. The average molecular weight is 425 g/mol. The SMILES string of the molecule is COc1ccc(S(=O)(=O)NC2CC2)cc1NC(=O)c1ccccc1Br. The molecule has 0 atom stereocenters. The van der Waals surface area contributed by atoms with Crippen LogP contribution in [0.1, 0.15) is 23.2 Å². The lowest BCUT2D eigenvalue weighted by molar-refractivity contribution is 0.102. The van der Waals surface area contributed by atoms with E-state index >= 15 is 0 Å². The van der Waals surface area contributed by atoms with Gasteiger partial charge in [0, 0.05) is 10.5 Å². The minimum atomic E-state index is -3.62. The predicted molar refractivity (Wildman–Crippen MR) is 98.4 cm³/mol. The summed E-state index contributed by atoms with van der Waals surface area (Å²) in [5.41, 5.74) is 0.732. The Bertz CT molecular complexity index is 911. The maximum absolute atomic E-state index is 12.5. The van der Waals surface area contributed by atoms with Crippen LogP contribution in [-0.4, -0.2) is 27.5 Å². The van der Waals surface area contributed by atoms with E-state index in [2.05, 4.69) is 26.0 Å². The van der Waals surface area contributed by atoms with E-state index < -0.39 is 10.0 Å². The second-order valence-electron chi connectivity index (χ2n) is 5.69. The zero-order valence-corrected chi connectivity index (χ0v) is 15.9. The van der Waals surface area contributed by atoms with Crippen LogP contribution in [-0.2, 0) is 10.0 Å². The highest BCUT2D eigenvalue weighted by molar-refractivity contribution is 9.10. The molecule has 0 saturated heterocycles. The van der Waals surface area contributed by atoms with Gasteiger partial charge in [0.25, 0.3) is 5.91 Å². The van der Waals surface area contributed by atoms with Crippen LogP contribution in [0.5, 0.6) is 5.75 Å². The Morgan fingerprint density at radius 1 is 1.20 bits per heavy atom. The maximum Gasteiger partial charge on any atom is 0.256 e. The number of methoxy groups -OCH3 is 1. The summed E-state index contributed by atoms with van der Waals surface area (Å²) in [7, 11) is -2.16. The first kappa shape index (κ1) is 17.9. The average Bonchev–Trinajstić information content (AvgIpc) is 3.38. The van der Waals surface area contributed by atoms with Crippen molar-refractivity contribution in [1.82, 2.24) is 4.72 Å². The summed E-state index contributed by atoms with van der Waals surface area (Å²) in [6, 6.07) is 11.4. The van der Waals surface area contributed by atoms with E-state index in [0.717, 1.165) is 12.8 Å². The molecule has 1 amide bonds. The molecule has 2 aromatic rings. The smallest absolute Gasteiger partial charge is 0.256 e. The number of carbonyl (C=O) groups is 1. The van der Waals surface area contributed by atoms with E-state index in [1.54, 1.807) is 24.3 Å². The number of anilines is 1. The molecule has 25 heavy (non-hydrogen) atoms. The van der Waals surface area contributed by atoms with Gasteiger partial charge in [-0.1, -0.05) is 12.1 Å². The molecular weight excluding hydrogens is 408 g/mol. The lowest BCUT2D eigenvalue weighted by Gasteiger charge is -2.13. The quantitative estimate of drug-likeness (QED) is 0.745. The van der Waals surface area contributed by atoms with Crippen molar-refractivity contribution in [2.45, 2.75) is 23.8 Å². The maximum atomic E-state index is 12.5. The monoisotopic (exact) mass is 424 g/mol. The fourth-order valence-electron chi connectivity index (χ4n) is 2.28. The van der Waals surface area contributed by atoms with Crippen molar-refractivity contribution in [1.29, 1.82) is 0 Å². The van der Waals surface area contributed by atoms with Gasteiger partial charge >= 0.3 is 0 Å². The Kier molecular flexibility index (Phi) is 5.12. The van der Waals surface area contributed by atoms with Crippen molar-refractivity contribution in [3.63, 3.8) is 0 Å². The summed E-state index contributed by atoms with van der Waals surface area (Å²) in [5.74, 6) is 0.0150. The van der Waals surface area contributed by atoms with Crippen molar-refractivity contribution in [3.05, 3.63) is 52.5 Å². The lowest BCUT2D eigenvalue weighted by Crippen LogP contribution is -2.26. The van der Waals surface area contributed by atoms with Gasteiger partial charge in [0.2, 0.25) is 10.0 Å². The third-order valence-corrected chi connectivity index (χ3v) is 5.96. The standard InChI is InChI=1S/C17H17BrN2O4S/c1-24-16-9-8-12(25(22,23)20-11-6-7-11)10-15(16)19-17(21)13-4-2-3-5-14(13)18/h2-5,8-11,20H,6-7H2,1H3,(H,19,21). The highest BCUT2D eigenvalue weighted by Gasteiger charge is 2.28. The van der Waals surface area contributed by atoms with Gasteiger partial charge in [0.05, 0.1) is 23.3 Å². The molecule has 1 fully saturated rings. The van der Waals surface area contributed by atoms with Crippen LogP contribution < -0.4 is 14.8 Å². The Morgan fingerprint density at radius 2 is 1.92 bits per heavy atom. The molecule has 8 heteroatoms. The molecule has 132 valence electrons. The molecule has 0 aromatic heterocycles. The van der Waals surface area contributed by atoms with Crippen LogP contribution in [0.2, 0.25) is 0 Å². The number of halogens is 1. The van der Waals surface area contributed by atoms with Crippen LogP contribution in [0.3, 0.4) is 0 Å². The molecule has 0 bridgehead atoms.